The molecule has 146 valence electrons. The number of carbonyl (C=O) groups is 1. The van der Waals surface area contributed by atoms with E-state index in [4.69, 9.17) is 0 Å². The highest BCUT2D eigenvalue weighted by atomic mass is 32.2. The Balaban J connectivity index is 1.65. The van der Waals surface area contributed by atoms with Gasteiger partial charge in [0, 0.05) is 23.1 Å². The first-order valence-corrected chi connectivity index (χ1v) is 9.86. The normalized spacial score (nSPS) is 11.1. The van der Waals surface area contributed by atoms with Crippen molar-refractivity contribution in [2.24, 2.45) is 0 Å². The number of halogens is 1. The lowest BCUT2D eigenvalue weighted by Gasteiger charge is -2.10. The molecule has 8 heteroatoms. The number of fused-ring (bicyclic) bond motifs is 3. The van der Waals surface area contributed by atoms with Gasteiger partial charge in [0.2, 0.25) is 5.91 Å². The molecule has 0 fully saturated rings. The number of para-hydroxylation sites is 1. The number of allylic oxidation sites excluding steroid dienone is 1. The minimum absolute atomic E-state index is 0.0218. The number of aromatic nitrogens is 3. The molecule has 2 N–H and O–H groups in total. The van der Waals surface area contributed by atoms with Gasteiger partial charge in [-0.25, -0.2) is 9.37 Å². The zero-order chi connectivity index (χ0) is 20.4. The van der Waals surface area contributed by atoms with E-state index in [-0.39, 0.29) is 23.8 Å². The first kappa shape index (κ1) is 18.9. The van der Waals surface area contributed by atoms with E-state index in [1.165, 1.54) is 22.8 Å². The molecule has 4 aromatic rings. The van der Waals surface area contributed by atoms with Gasteiger partial charge >= 0.3 is 0 Å². The number of amides is 1. The second-order valence-electron chi connectivity index (χ2n) is 6.34. The summed E-state index contributed by atoms with van der Waals surface area (Å²) >= 11 is 1.14. The van der Waals surface area contributed by atoms with Gasteiger partial charge in [0.1, 0.15) is 16.9 Å². The quantitative estimate of drug-likeness (QED) is 0.288. The molecule has 0 spiro atoms. The molecule has 0 atom stereocenters. The summed E-state index contributed by atoms with van der Waals surface area (Å²) in [5.41, 5.74) is 1.96. The third-order valence-corrected chi connectivity index (χ3v) is 5.30. The zero-order valence-corrected chi connectivity index (χ0v) is 16.1. The summed E-state index contributed by atoms with van der Waals surface area (Å²) in [5.74, 6) is -0.728. The van der Waals surface area contributed by atoms with E-state index in [0.717, 1.165) is 22.7 Å². The lowest BCUT2D eigenvalue weighted by molar-refractivity contribution is -0.113. The molecule has 0 aliphatic heterocycles. The highest BCUT2D eigenvalue weighted by Gasteiger charge is 2.16. The molecular formula is C21H17FN4O2S. The molecule has 0 bridgehead atoms. The lowest BCUT2D eigenvalue weighted by atomic mass is 10.2. The van der Waals surface area contributed by atoms with Crippen molar-refractivity contribution in [3.8, 4) is 0 Å². The number of nitrogens with one attached hydrogen (secondary N) is 2. The van der Waals surface area contributed by atoms with E-state index in [1.54, 1.807) is 12.1 Å². The van der Waals surface area contributed by atoms with E-state index in [9.17, 15) is 14.0 Å². The number of carbonyl (C=O) groups excluding carboxylic acids is 1. The van der Waals surface area contributed by atoms with Crippen LogP contribution in [0.5, 0.6) is 0 Å². The SMILES string of the molecule is C=CCn1c(SCC(=O)Nc2cccc(F)c2)nc2c([nH]c3ccccc32)c1=O. The monoisotopic (exact) mass is 408 g/mol. The van der Waals surface area contributed by atoms with E-state index in [1.807, 2.05) is 24.3 Å². The van der Waals surface area contributed by atoms with Crippen molar-refractivity contribution < 1.29 is 9.18 Å². The van der Waals surface area contributed by atoms with Gasteiger partial charge < -0.3 is 10.3 Å². The largest absolute Gasteiger partial charge is 0.349 e. The average molecular weight is 408 g/mol. The van der Waals surface area contributed by atoms with Crippen LogP contribution in [-0.2, 0) is 11.3 Å². The van der Waals surface area contributed by atoms with Crippen LogP contribution in [0.3, 0.4) is 0 Å². The number of aromatic amines is 1. The number of H-pyrrole nitrogens is 1. The predicted octanol–water partition coefficient (Wildman–Crippen LogP) is 3.93. The highest BCUT2D eigenvalue weighted by Crippen LogP contribution is 2.24. The topological polar surface area (TPSA) is 79.8 Å². The second kappa shape index (κ2) is 7.92. The second-order valence-corrected chi connectivity index (χ2v) is 7.28. The summed E-state index contributed by atoms with van der Waals surface area (Å²) in [7, 11) is 0. The molecule has 0 unspecified atom stereocenters. The smallest absolute Gasteiger partial charge is 0.278 e. The Morgan fingerprint density at radius 1 is 1.28 bits per heavy atom. The maximum atomic E-state index is 13.3. The van der Waals surface area contributed by atoms with Crippen molar-refractivity contribution in [2.75, 3.05) is 11.1 Å². The summed E-state index contributed by atoms with van der Waals surface area (Å²) in [4.78, 5) is 33.0. The number of nitrogens with zero attached hydrogens (tertiary/aromatic N) is 2. The van der Waals surface area contributed by atoms with Crippen molar-refractivity contribution in [3.63, 3.8) is 0 Å². The maximum absolute atomic E-state index is 13.3. The van der Waals surface area contributed by atoms with Gasteiger partial charge in [-0.2, -0.15) is 0 Å². The summed E-state index contributed by atoms with van der Waals surface area (Å²) in [6.07, 6.45) is 1.61. The van der Waals surface area contributed by atoms with Crippen molar-refractivity contribution in [1.82, 2.24) is 14.5 Å². The summed E-state index contributed by atoms with van der Waals surface area (Å²) in [5, 5.41) is 3.90. The molecule has 2 aromatic heterocycles. The van der Waals surface area contributed by atoms with E-state index >= 15 is 0 Å². The van der Waals surface area contributed by atoms with Crippen LogP contribution in [0.25, 0.3) is 21.9 Å². The maximum Gasteiger partial charge on any atom is 0.278 e. The van der Waals surface area contributed by atoms with Crippen molar-refractivity contribution in [3.05, 3.63) is 77.4 Å². The molecule has 1 amide bonds. The first-order valence-electron chi connectivity index (χ1n) is 8.87. The van der Waals surface area contributed by atoms with Gasteiger partial charge in [-0.1, -0.05) is 42.1 Å². The number of thioether (sulfide) groups is 1. The van der Waals surface area contributed by atoms with Crippen LogP contribution < -0.4 is 10.9 Å². The van der Waals surface area contributed by atoms with Crippen LogP contribution in [0.4, 0.5) is 10.1 Å². The number of rotatable bonds is 6. The molecule has 0 saturated heterocycles. The molecule has 4 rings (SSSR count). The predicted molar refractivity (Wildman–Crippen MR) is 114 cm³/mol. The molecule has 2 heterocycles. The first-order chi connectivity index (χ1) is 14.1. The fourth-order valence-corrected chi connectivity index (χ4v) is 3.87. The van der Waals surface area contributed by atoms with E-state index < -0.39 is 5.82 Å². The van der Waals surface area contributed by atoms with Crippen molar-refractivity contribution >= 4 is 45.3 Å². The number of hydrogen-bond acceptors (Lipinski definition) is 4. The highest BCUT2D eigenvalue weighted by molar-refractivity contribution is 7.99. The molecule has 0 aliphatic carbocycles. The molecule has 29 heavy (non-hydrogen) atoms. The summed E-state index contributed by atoms with van der Waals surface area (Å²) in [6.45, 7) is 3.97. The van der Waals surface area contributed by atoms with Crippen LogP contribution >= 0.6 is 11.8 Å². The Bertz CT molecular complexity index is 1300. The molecule has 0 radical (unpaired) electrons. The fraction of sp³-hybridized carbons (Fsp3) is 0.0952. The van der Waals surface area contributed by atoms with Crippen LogP contribution in [0.1, 0.15) is 0 Å². The average Bonchev–Trinajstić information content (AvgIpc) is 3.08. The minimum atomic E-state index is -0.429. The number of hydrogen-bond donors (Lipinski definition) is 2. The molecule has 0 saturated carbocycles. The molecule has 6 nitrogen and oxygen atoms in total. The number of anilines is 1. The van der Waals surface area contributed by atoms with Crippen LogP contribution in [0.15, 0.2) is 71.1 Å². The van der Waals surface area contributed by atoms with Gasteiger partial charge in [0.25, 0.3) is 5.56 Å². The standard InChI is InChI=1S/C21H17FN4O2S/c1-2-10-26-20(28)19-18(15-8-3-4-9-16(15)24-19)25-21(26)29-12-17(27)23-14-7-5-6-13(22)11-14/h2-9,11,24H,1,10,12H2,(H,23,27). The Labute approximate surface area is 169 Å². The Morgan fingerprint density at radius 2 is 2.10 bits per heavy atom. The summed E-state index contributed by atoms with van der Waals surface area (Å²) < 4.78 is 14.8. The van der Waals surface area contributed by atoms with Crippen LogP contribution in [-0.4, -0.2) is 26.2 Å². The van der Waals surface area contributed by atoms with E-state index in [0.29, 0.717) is 21.9 Å². The van der Waals surface area contributed by atoms with Gasteiger partial charge in [-0.05, 0) is 24.3 Å². The van der Waals surface area contributed by atoms with E-state index in [2.05, 4.69) is 21.9 Å². The third kappa shape index (κ3) is 3.79. The minimum Gasteiger partial charge on any atom is -0.349 e. The van der Waals surface area contributed by atoms with Crippen LogP contribution in [0, 0.1) is 5.82 Å². The Morgan fingerprint density at radius 3 is 2.90 bits per heavy atom. The van der Waals surface area contributed by atoms with Gasteiger partial charge in [-0.3, -0.25) is 14.2 Å². The van der Waals surface area contributed by atoms with Gasteiger partial charge in [0.05, 0.1) is 5.75 Å². The zero-order valence-electron chi connectivity index (χ0n) is 15.3. The summed E-state index contributed by atoms with van der Waals surface area (Å²) in [6, 6.07) is 13.2. The van der Waals surface area contributed by atoms with Gasteiger partial charge in [0.15, 0.2) is 5.16 Å². The third-order valence-electron chi connectivity index (χ3n) is 4.33. The molecular weight excluding hydrogens is 391 g/mol. The Kier molecular flexibility index (Phi) is 5.18. The number of benzene rings is 2. The lowest BCUT2D eigenvalue weighted by Crippen LogP contribution is -2.23. The van der Waals surface area contributed by atoms with Crippen molar-refractivity contribution in [1.29, 1.82) is 0 Å². The Hall–Kier alpha value is -3.39. The van der Waals surface area contributed by atoms with Crippen LogP contribution in [0.2, 0.25) is 0 Å². The molecule has 0 aliphatic rings. The molecule has 2 aromatic carbocycles. The van der Waals surface area contributed by atoms with Gasteiger partial charge in [-0.15, -0.1) is 6.58 Å². The fourth-order valence-electron chi connectivity index (χ4n) is 3.07. The van der Waals surface area contributed by atoms with Crippen molar-refractivity contribution in [2.45, 2.75) is 11.7 Å².